The van der Waals surface area contributed by atoms with Crippen LogP contribution in [0, 0.1) is 0 Å². The molecule has 0 saturated heterocycles. The van der Waals surface area contributed by atoms with Crippen molar-refractivity contribution in [3.05, 3.63) is 49.1 Å². The normalized spacial score (nSPS) is 10.4. The van der Waals surface area contributed by atoms with Crippen molar-refractivity contribution in [2.75, 3.05) is 0 Å². The Hall–Kier alpha value is -2.56. The summed E-state index contributed by atoms with van der Waals surface area (Å²) in [6, 6.07) is 7.57. The van der Waals surface area contributed by atoms with Crippen molar-refractivity contribution in [1.29, 1.82) is 0 Å². The average Bonchev–Trinajstić information content (AvgIpc) is 2.90. The number of H-pyrrole nitrogens is 1. The van der Waals surface area contributed by atoms with Gasteiger partial charge in [0.2, 0.25) is 0 Å². The SMILES string of the molecule is c1cncc(-c2n[nH]c(-c3cccnc3)n2)c1. The summed E-state index contributed by atoms with van der Waals surface area (Å²) < 4.78 is 0. The van der Waals surface area contributed by atoms with Crippen LogP contribution in [-0.2, 0) is 0 Å². The molecule has 0 fully saturated rings. The molecule has 17 heavy (non-hydrogen) atoms. The fraction of sp³-hybridized carbons (Fsp3) is 0. The minimum absolute atomic E-state index is 0.636. The summed E-state index contributed by atoms with van der Waals surface area (Å²) in [5.41, 5.74) is 1.80. The molecule has 3 aromatic rings. The van der Waals surface area contributed by atoms with Gasteiger partial charge in [0, 0.05) is 35.9 Å². The average molecular weight is 223 g/mol. The number of aromatic amines is 1. The first-order valence-corrected chi connectivity index (χ1v) is 5.17. The lowest BCUT2D eigenvalue weighted by Gasteiger charge is -1.93. The van der Waals surface area contributed by atoms with E-state index in [-0.39, 0.29) is 0 Å². The highest BCUT2D eigenvalue weighted by atomic mass is 15.2. The third kappa shape index (κ3) is 1.90. The molecule has 0 aliphatic carbocycles. The van der Waals surface area contributed by atoms with Crippen molar-refractivity contribution in [2.24, 2.45) is 0 Å². The zero-order chi connectivity index (χ0) is 11.5. The molecule has 0 amide bonds. The van der Waals surface area contributed by atoms with Crippen molar-refractivity contribution in [2.45, 2.75) is 0 Å². The summed E-state index contributed by atoms with van der Waals surface area (Å²) in [7, 11) is 0. The largest absolute Gasteiger partial charge is 0.264 e. The maximum absolute atomic E-state index is 4.40. The predicted molar refractivity (Wildman–Crippen MR) is 62.8 cm³/mol. The Labute approximate surface area is 97.6 Å². The van der Waals surface area contributed by atoms with Crippen LogP contribution in [0.5, 0.6) is 0 Å². The van der Waals surface area contributed by atoms with Crippen LogP contribution in [0.15, 0.2) is 49.1 Å². The lowest BCUT2D eigenvalue weighted by atomic mass is 10.2. The number of rotatable bonds is 2. The fourth-order valence-electron chi connectivity index (χ4n) is 1.52. The van der Waals surface area contributed by atoms with Gasteiger partial charge in [0.1, 0.15) is 0 Å². The van der Waals surface area contributed by atoms with E-state index in [1.165, 1.54) is 0 Å². The summed E-state index contributed by atoms with van der Waals surface area (Å²) in [5, 5.41) is 7.05. The summed E-state index contributed by atoms with van der Waals surface area (Å²) in [6.07, 6.45) is 6.92. The predicted octanol–water partition coefficient (Wildman–Crippen LogP) is 1.93. The molecule has 0 aromatic carbocycles. The van der Waals surface area contributed by atoms with E-state index in [9.17, 15) is 0 Å². The third-order valence-electron chi connectivity index (χ3n) is 2.34. The zero-order valence-electron chi connectivity index (χ0n) is 8.91. The number of pyridine rings is 2. The van der Waals surface area contributed by atoms with Gasteiger partial charge in [-0.05, 0) is 24.3 Å². The number of nitrogens with zero attached hydrogens (tertiary/aromatic N) is 4. The van der Waals surface area contributed by atoms with E-state index in [1.807, 2.05) is 24.3 Å². The van der Waals surface area contributed by atoms with Crippen molar-refractivity contribution >= 4 is 0 Å². The van der Waals surface area contributed by atoms with Gasteiger partial charge in [-0.2, -0.15) is 5.10 Å². The van der Waals surface area contributed by atoms with Gasteiger partial charge in [0.15, 0.2) is 11.6 Å². The van der Waals surface area contributed by atoms with Crippen molar-refractivity contribution in [3.8, 4) is 22.8 Å². The number of nitrogens with one attached hydrogen (secondary N) is 1. The smallest absolute Gasteiger partial charge is 0.183 e. The molecule has 3 rings (SSSR count). The van der Waals surface area contributed by atoms with Gasteiger partial charge in [0.05, 0.1) is 0 Å². The minimum atomic E-state index is 0.636. The molecule has 0 bridgehead atoms. The molecule has 0 radical (unpaired) electrons. The second-order valence-electron chi connectivity index (χ2n) is 3.49. The second-order valence-corrected chi connectivity index (χ2v) is 3.49. The van der Waals surface area contributed by atoms with Crippen LogP contribution in [0.25, 0.3) is 22.8 Å². The van der Waals surface area contributed by atoms with E-state index in [0.717, 1.165) is 11.1 Å². The molecule has 5 heteroatoms. The molecule has 3 heterocycles. The Morgan fingerprint density at radius 3 is 2.24 bits per heavy atom. The maximum atomic E-state index is 4.40. The standard InChI is InChI=1S/C12H9N5/c1-3-9(7-13-5-1)11-15-12(17-16-11)10-4-2-6-14-8-10/h1-8H,(H,15,16,17). The third-order valence-corrected chi connectivity index (χ3v) is 2.34. The van der Waals surface area contributed by atoms with E-state index in [2.05, 4.69) is 25.1 Å². The molecule has 0 spiro atoms. The Morgan fingerprint density at radius 1 is 0.882 bits per heavy atom. The first kappa shape index (κ1) is 9.65. The summed E-state index contributed by atoms with van der Waals surface area (Å²) in [6.45, 7) is 0. The molecule has 1 N–H and O–H groups in total. The quantitative estimate of drug-likeness (QED) is 0.720. The lowest BCUT2D eigenvalue weighted by molar-refractivity contribution is 1.09. The van der Waals surface area contributed by atoms with Gasteiger partial charge >= 0.3 is 0 Å². The highest BCUT2D eigenvalue weighted by Crippen LogP contribution is 2.17. The highest BCUT2D eigenvalue weighted by Gasteiger charge is 2.07. The first-order valence-electron chi connectivity index (χ1n) is 5.17. The van der Waals surface area contributed by atoms with Crippen LogP contribution in [0.3, 0.4) is 0 Å². The molecule has 82 valence electrons. The van der Waals surface area contributed by atoms with Crippen LogP contribution >= 0.6 is 0 Å². The van der Waals surface area contributed by atoms with Gasteiger partial charge in [-0.1, -0.05) is 0 Å². The summed E-state index contributed by atoms with van der Waals surface area (Å²) in [4.78, 5) is 12.5. The van der Waals surface area contributed by atoms with Crippen molar-refractivity contribution in [1.82, 2.24) is 25.1 Å². The first-order chi connectivity index (χ1) is 8.43. The molecular formula is C12H9N5. The maximum Gasteiger partial charge on any atom is 0.183 e. The molecule has 3 aromatic heterocycles. The van der Waals surface area contributed by atoms with Gasteiger partial charge in [-0.15, -0.1) is 0 Å². The molecule has 5 nitrogen and oxygen atoms in total. The Bertz CT molecular complexity index is 549. The van der Waals surface area contributed by atoms with E-state index >= 15 is 0 Å². The van der Waals surface area contributed by atoms with Gasteiger partial charge in [0.25, 0.3) is 0 Å². The van der Waals surface area contributed by atoms with Crippen LogP contribution in [0.1, 0.15) is 0 Å². The van der Waals surface area contributed by atoms with Gasteiger partial charge in [-0.3, -0.25) is 15.1 Å². The van der Waals surface area contributed by atoms with Crippen molar-refractivity contribution in [3.63, 3.8) is 0 Å². The minimum Gasteiger partial charge on any atom is -0.264 e. The number of aromatic nitrogens is 5. The zero-order valence-corrected chi connectivity index (χ0v) is 8.91. The Balaban J connectivity index is 1.99. The number of hydrogen-bond acceptors (Lipinski definition) is 4. The fourth-order valence-corrected chi connectivity index (χ4v) is 1.52. The van der Waals surface area contributed by atoms with Crippen LogP contribution in [0.4, 0.5) is 0 Å². The van der Waals surface area contributed by atoms with Crippen LogP contribution in [0.2, 0.25) is 0 Å². The molecule has 0 unspecified atom stereocenters. The summed E-state index contributed by atoms with van der Waals surface area (Å²) in [5.74, 6) is 1.34. The Kier molecular flexibility index (Phi) is 2.34. The second kappa shape index (κ2) is 4.13. The number of hydrogen-bond donors (Lipinski definition) is 1. The van der Waals surface area contributed by atoms with E-state index in [1.54, 1.807) is 24.8 Å². The van der Waals surface area contributed by atoms with Crippen molar-refractivity contribution < 1.29 is 0 Å². The van der Waals surface area contributed by atoms with E-state index in [4.69, 9.17) is 0 Å². The lowest BCUT2D eigenvalue weighted by Crippen LogP contribution is -1.82. The molecule has 0 saturated carbocycles. The molecule has 0 aliphatic rings. The molecule has 0 atom stereocenters. The highest BCUT2D eigenvalue weighted by molar-refractivity contribution is 5.59. The van der Waals surface area contributed by atoms with E-state index < -0.39 is 0 Å². The molecular weight excluding hydrogens is 214 g/mol. The van der Waals surface area contributed by atoms with Crippen LogP contribution in [-0.4, -0.2) is 25.1 Å². The topological polar surface area (TPSA) is 67.3 Å². The van der Waals surface area contributed by atoms with E-state index in [0.29, 0.717) is 11.6 Å². The van der Waals surface area contributed by atoms with Gasteiger partial charge in [-0.25, -0.2) is 4.98 Å². The van der Waals surface area contributed by atoms with Gasteiger partial charge < -0.3 is 0 Å². The van der Waals surface area contributed by atoms with Crippen LogP contribution < -0.4 is 0 Å². The Morgan fingerprint density at radius 2 is 1.59 bits per heavy atom. The molecule has 0 aliphatic heterocycles. The summed E-state index contributed by atoms with van der Waals surface area (Å²) >= 11 is 0. The monoisotopic (exact) mass is 223 g/mol.